The molecule has 0 fully saturated rings. The largest absolute Gasteiger partial charge is 0.310 e. The first-order chi connectivity index (χ1) is 13.9. The minimum atomic E-state index is -0.266. The molecule has 5 rings (SSSR count). The smallest absolute Gasteiger partial charge is 0.226 e. The summed E-state index contributed by atoms with van der Waals surface area (Å²) in [5, 5.41) is 9.45. The molecule has 0 unspecified atom stereocenters. The zero-order valence-corrected chi connectivity index (χ0v) is 19.0. The molecule has 0 spiro atoms. The summed E-state index contributed by atoms with van der Waals surface area (Å²) in [6, 6.07) is 11.3. The van der Waals surface area contributed by atoms with Crippen molar-refractivity contribution in [3.8, 4) is 5.13 Å². The molecule has 0 saturated heterocycles. The van der Waals surface area contributed by atoms with Gasteiger partial charge in [0.25, 0.3) is 0 Å². The Morgan fingerprint density at radius 2 is 1.97 bits per heavy atom. The maximum atomic E-state index is 12.6. The van der Waals surface area contributed by atoms with Crippen molar-refractivity contribution in [3.05, 3.63) is 67.7 Å². The van der Waals surface area contributed by atoms with Crippen LogP contribution >= 0.6 is 50.5 Å². The fraction of sp³-hybridized carbons (Fsp3) is 0.150. The van der Waals surface area contributed by atoms with Crippen molar-refractivity contribution in [2.75, 3.05) is 5.32 Å². The van der Waals surface area contributed by atoms with Crippen LogP contribution < -0.4 is 5.32 Å². The molecule has 0 saturated carbocycles. The van der Waals surface area contributed by atoms with Crippen LogP contribution in [0.25, 0.3) is 15.3 Å². The number of thiazole rings is 1. The van der Waals surface area contributed by atoms with E-state index in [1.165, 1.54) is 11.3 Å². The molecule has 1 N–H and O–H groups in total. The first kappa shape index (κ1) is 19.1. The maximum Gasteiger partial charge on any atom is 0.226 e. The van der Waals surface area contributed by atoms with E-state index in [0.29, 0.717) is 21.0 Å². The van der Waals surface area contributed by atoms with E-state index in [2.05, 4.69) is 21.2 Å². The Bertz CT molecular complexity index is 1280. The third-order valence-corrected chi connectivity index (χ3v) is 7.12. The number of benzene rings is 2. The summed E-state index contributed by atoms with van der Waals surface area (Å²) in [4.78, 5) is 17.3. The van der Waals surface area contributed by atoms with Gasteiger partial charge in [-0.05, 0) is 42.8 Å². The van der Waals surface area contributed by atoms with E-state index in [9.17, 15) is 4.79 Å². The van der Waals surface area contributed by atoms with Crippen LogP contribution in [0.2, 0.25) is 10.0 Å². The number of rotatable bonds is 2. The molecule has 2 aromatic heterocycles. The number of halogens is 3. The van der Waals surface area contributed by atoms with Crippen molar-refractivity contribution >= 4 is 72.4 Å². The molecule has 1 atom stereocenters. The van der Waals surface area contributed by atoms with Crippen molar-refractivity contribution in [1.29, 1.82) is 0 Å². The zero-order chi connectivity index (χ0) is 20.3. The van der Waals surface area contributed by atoms with Crippen molar-refractivity contribution in [2.24, 2.45) is 0 Å². The molecule has 0 aliphatic carbocycles. The van der Waals surface area contributed by atoms with Gasteiger partial charge in [0.05, 0.1) is 15.9 Å². The lowest BCUT2D eigenvalue weighted by Crippen LogP contribution is -2.25. The summed E-state index contributed by atoms with van der Waals surface area (Å²) in [6.45, 7) is 1.93. The number of nitrogens with one attached hydrogen (secondary N) is 1. The summed E-state index contributed by atoms with van der Waals surface area (Å²) in [7, 11) is 0. The average molecular weight is 508 g/mol. The lowest BCUT2D eigenvalue weighted by atomic mass is 9.85. The van der Waals surface area contributed by atoms with Crippen LogP contribution in [0.4, 0.5) is 5.82 Å². The third-order valence-electron chi connectivity index (χ3n) is 4.97. The normalized spacial score (nSPS) is 16.1. The predicted molar refractivity (Wildman–Crippen MR) is 121 cm³/mol. The lowest BCUT2D eigenvalue weighted by molar-refractivity contribution is -0.116. The molecule has 2 aromatic carbocycles. The zero-order valence-electron chi connectivity index (χ0n) is 15.0. The van der Waals surface area contributed by atoms with Gasteiger partial charge in [0.2, 0.25) is 11.0 Å². The predicted octanol–water partition coefficient (Wildman–Crippen LogP) is 6.33. The van der Waals surface area contributed by atoms with Gasteiger partial charge in [0.1, 0.15) is 5.82 Å². The van der Waals surface area contributed by atoms with Crippen LogP contribution in [0, 0.1) is 6.92 Å². The minimum absolute atomic E-state index is 0.108. The van der Waals surface area contributed by atoms with Gasteiger partial charge in [0.15, 0.2) is 0 Å². The topological polar surface area (TPSA) is 59.8 Å². The fourth-order valence-electron chi connectivity index (χ4n) is 3.75. The summed E-state index contributed by atoms with van der Waals surface area (Å²) in [6.07, 6.45) is 0.260. The Kier molecular flexibility index (Phi) is 4.66. The number of aryl methyl sites for hydroxylation is 1. The van der Waals surface area contributed by atoms with E-state index in [4.69, 9.17) is 33.3 Å². The number of anilines is 1. The fourth-order valence-corrected chi connectivity index (χ4v) is 5.89. The van der Waals surface area contributed by atoms with Crippen molar-refractivity contribution in [3.63, 3.8) is 0 Å². The monoisotopic (exact) mass is 506 g/mol. The Morgan fingerprint density at radius 1 is 1.21 bits per heavy atom. The van der Waals surface area contributed by atoms with Gasteiger partial charge >= 0.3 is 0 Å². The maximum absolute atomic E-state index is 12.6. The van der Waals surface area contributed by atoms with Gasteiger partial charge in [-0.2, -0.15) is 9.78 Å². The third kappa shape index (κ3) is 3.17. The first-order valence-corrected chi connectivity index (χ1v) is 11.2. The van der Waals surface area contributed by atoms with Gasteiger partial charge in [-0.25, -0.2) is 4.98 Å². The van der Waals surface area contributed by atoms with Crippen LogP contribution in [-0.2, 0) is 4.79 Å². The van der Waals surface area contributed by atoms with E-state index in [-0.39, 0.29) is 18.2 Å². The molecule has 29 heavy (non-hydrogen) atoms. The number of aromatic nitrogens is 3. The summed E-state index contributed by atoms with van der Waals surface area (Å²) in [5.74, 6) is 0.249. The van der Waals surface area contributed by atoms with E-state index in [1.807, 2.05) is 25.1 Å². The number of nitrogens with zero attached hydrogens (tertiary/aromatic N) is 3. The van der Waals surface area contributed by atoms with Gasteiger partial charge in [-0.3, -0.25) is 4.79 Å². The Balaban J connectivity index is 1.71. The number of hydrogen-bond donors (Lipinski definition) is 1. The van der Waals surface area contributed by atoms with Crippen LogP contribution in [0.15, 0.2) is 40.9 Å². The second kappa shape index (κ2) is 7.09. The van der Waals surface area contributed by atoms with Crippen LogP contribution in [-0.4, -0.2) is 20.7 Å². The molecule has 9 heteroatoms. The highest BCUT2D eigenvalue weighted by molar-refractivity contribution is 9.10. The number of carbonyl (C=O) groups is 1. The van der Waals surface area contributed by atoms with Crippen molar-refractivity contribution in [1.82, 2.24) is 14.8 Å². The molecule has 5 nitrogen and oxygen atoms in total. The second-order valence-corrected chi connectivity index (χ2v) is 9.55. The van der Waals surface area contributed by atoms with Gasteiger partial charge in [0, 0.05) is 32.4 Å². The molecule has 1 amide bonds. The van der Waals surface area contributed by atoms with Gasteiger partial charge < -0.3 is 5.32 Å². The SMILES string of the molecule is Cc1nn(-c2nc3ccc(Br)cc3s2)c2c1[C@H](c1c(Cl)cccc1Cl)CC(=O)N2. The number of hydrogen-bond acceptors (Lipinski definition) is 4. The van der Waals surface area contributed by atoms with Crippen LogP contribution in [0.5, 0.6) is 0 Å². The summed E-state index contributed by atoms with van der Waals surface area (Å²) in [5.41, 5.74) is 3.35. The van der Waals surface area contributed by atoms with E-state index < -0.39 is 0 Å². The highest BCUT2D eigenvalue weighted by atomic mass is 79.9. The average Bonchev–Trinajstić information content (AvgIpc) is 3.22. The Morgan fingerprint density at radius 3 is 2.72 bits per heavy atom. The molecular weight excluding hydrogens is 495 g/mol. The van der Waals surface area contributed by atoms with E-state index in [0.717, 1.165) is 31.5 Å². The summed E-state index contributed by atoms with van der Waals surface area (Å²) >= 11 is 17.9. The quantitative estimate of drug-likeness (QED) is 0.344. The minimum Gasteiger partial charge on any atom is -0.310 e. The van der Waals surface area contributed by atoms with Gasteiger partial charge in [-0.1, -0.05) is 56.5 Å². The molecule has 146 valence electrons. The Hall–Kier alpha value is -1.93. The molecule has 0 radical (unpaired) electrons. The standard InChI is InChI=1S/C20H13BrCl2N4OS/c1-9-17-11(18-12(22)3-2-4-13(18)23)8-16(28)25-19(17)27(26-9)20-24-14-6-5-10(21)7-15(14)29-20/h2-7,11H,8H2,1H3,(H,25,28)/t11-/m1/s1. The van der Waals surface area contributed by atoms with E-state index >= 15 is 0 Å². The highest BCUT2D eigenvalue weighted by Gasteiger charge is 2.35. The highest BCUT2D eigenvalue weighted by Crippen LogP contribution is 2.45. The van der Waals surface area contributed by atoms with Crippen LogP contribution in [0.1, 0.15) is 29.2 Å². The first-order valence-electron chi connectivity index (χ1n) is 8.82. The van der Waals surface area contributed by atoms with Crippen molar-refractivity contribution in [2.45, 2.75) is 19.3 Å². The number of amides is 1. The molecular formula is C20H13BrCl2N4OS. The van der Waals surface area contributed by atoms with Crippen LogP contribution in [0.3, 0.4) is 0 Å². The molecule has 1 aliphatic rings. The van der Waals surface area contributed by atoms with Crippen molar-refractivity contribution < 1.29 is 4.79 Å². The second-order valence-electron chi connectivity index (χ2n) is 6.81. The number of fused-ring (bicyclic) bond motifs is 2. The Labute approximate surface area is 188 Å². The number of carbonyl (C=O) groups excluding carboxylic acids is 1. The molecule has 4 aromatic rings. The summed E-state index contributed by atoms with van der Waals surface area (Å²) < 4.78 is 3.72. The van der Waals surface area contributed by atoms with Gasteiger partial charge in [-0.15, -0.1) is 0 Å². The lowest BCUT2D eigenvalue weighted by Gasteiger charge is -2.25. The molecule has 3 heterocycles. The molecule has 1 aliphatic heterocycles. The van der Waals surface area contributed by atoms with E-state index in [1.54, 1.807) is 22.9 Å². The molecule has 0 bridgehead atoms.